The van der Waals surface area contributed by atoms with Crippen molar-refractivity contribution in [1.82, 2.24) is 15.1 Å². The smallest absolute Gasteiger partial charge is 0.289 e. The van der Waals surface area contributed by atoms with Gasteiger partial charge in [-0.25, -0.2) is 4.39 Å². The number of fused-ring (bicyclic) bond motifs is 1. The molecule has 3 atom stereocenters. The van der Waals surface area contributed by atoms with E-state index in [-0.39, 0.29) is 42.1 Å². The van der Waals surface area contributed by atoms with Crippen LogP contribution in [0, 0.1) is 5.82 Å². The Bertz CT molecular complexity index is 826. The number of carbonyl (C=O) groups is 2. The molecule has 1 aromatic carbocycles. The molecule has 0 bridgehead atoms. The standard InChI is InChI=1S/C24H32FN3O3/c1-2-27-13-5-6-19(27)15-26-23(29)16-28-20-7-3-4-8-21(20)31-22(24(28)30)14-17-9-11-18(25)12-10-17/h9-12,14,19-21H,2-8,13,15-16H2,1H3,(H,26,29)/b22-14+. The maximum atomic E-state index is 13.2. The van der Waals surface area contributed by atoms with Gasteiger partial charge in [0.2, 0.25) is 5.91 Å². The molecule has 2 heterocycles. The fourth-order valence-electron chi connectivity index (χ4n) is 5.06. The highest BCUT2D eigenvalue weighted by atomic mass is 19.1. The first kappa shape index (κ1) is 21.8. The van der Waals surface area contributed by atoms with Gasteiger partial charge in [-0.15, -0.1) is 0 Å². The largest absolute Gasteiger partial charge is 0.482 e. The Hall–Kier alpha value is -2.41. The van der Waals surface area contributed by atoms with Crippen LogP contribution in [-0.4, -0.2) is 66.0 Å². The van der Waals surface area contributed by atoms with Crippen molar-refractivity contribution in [2.75, 3.05) is 26.2 Å². The molecule has 4 rings (SSSR count). The van der Waals surface area contributed by atoms with Crippen molar-refractivity contribution in [1.29, 1.82) is 0 Å². The summed E-state index contributed by atoms with van der Waals surface area (Å²) in [4.78, 5) is 30.1. The van der Waals surface area contributed by atoms with Gasteiger partial charge in [0.1, 0.15) is 18.5 Å². The average Bonchev–Trinajstić information content (AvgIpc) is 3.24. The van der Waals surface area contributed by atoms with Crippen molar-refractivity contribution in [3.63, 3.8) is 0 Å². The highest BCUT2D eigenvalue weighted by Gasteiger charge is 2.42. The third-order valence-corrected chi connectivity index (χ3v) is 6.74. The van der Waals surface area contributed by atoms with Crippen molar-refractivity contribution in [2.45, 2.75) is 63.6 Å². The van der Waals surface area contributed by atoms with Gasteiger partial charge in [-0.1, -0.05) is 25.5 Å². The lowest BCUT2D eigenvalue weighted by Crippen LogP contribution is -2.57. The highest BCUT2D eigenvalue weighted by Crippen LogP contribution is 2.33. The minimum Gasteiger partial charge on any atom is -0.482 e. The molecule has 1 aromatic rings. The normalized spacial score (nSPS) is 27.8. The van der Waals surface area contributed by atoms with E-state index in [4.69, 9.17) is 4.74 Å². The average molecular weight is 430 g/mol. The number of halogens is 1. The zero-order chi connectivity index (χ0) is 21.8. The summed E-state index contributed by atoms with van der Waals surface area (Å²) in [5, 5.41) is 3.05. The van der Waals surface area contributed by atoms with Crippen LogP contribution in [0.25, 0.3) is 6.08 Å². The summed E-state index contributed by atoms with van der Waals surface area (Å²) in [6.07, 6.45) is 7.60. The lowest BCUT2D eigenvalue weighted by molar-refractivity contribution is -0.151. The molecule has 1 N–H and O–H groups in total. The Kier molecular flexibility index (Phi) is 6.90. The number of hydrogen-bond acceptors (Lipinski definition) is 4. The SMILES string of the molecule is CCN1CCCC1CNC(=O)CN1C(=O)/C(=C\c2ccc(F)cc2)OC2CCCCC21. The topological polar surface area (TPSA) is 61.9 Å². The van der Waals surface area contributed by atoms with Crippen molar-refractivity contribution >= 4 is 17.9 Å². The van der Waals surface area contributed by atoms with Crippen LogP contribution in [-0.2, 0) is 14.3 Å². The molecule has 2 saturated heterocycles. The highest BCUT2D eigenvalue weighted by molar-refractivity contribution is 5.98. The van der Waals surface area contributed by atoms with Gasteiger partial charge in [-0.3, -0.25) is 14.5 Å². The van der Waals surface area contributed by atoms with Crippen LogP contribution >= 0.6 is 0 Å². The van der Waals surface area contributed by atoms with Crippen molar-refractivity contribution in [3.8, 4) is 0 Å². The lowest BCUT2D eigenvalue weighted by atomic mass is 9.89. The number of ether oxygens (including phenoxy) is 1. The molecule has 0 aromatic heterocycles. The number of rotatable bonds is 6. The summed E-state index contributed by atoms with van der Waals surface area (Å²) in [5.74, 6) is -0.481. The molecule has 0 radical (unpaired) electrons. The van der Waals surface area contributed by atoms with E-state index in [0.717, 1.165) is 51.6 Å². The summed E-state index contributed by atoms with van der Waals surface area (Å²) in [5.41, 5.74) is 0.698. The zero-order valence-electron chi connectivity index (χ0n) is 18.2. The van der Waals surface area contributed by atoms with Crippen LogP contribution in [0.2, 0.25) is 0 Å². The molecule has 1 aliphatic carbocycles. The molecular weight excluding hydrogens is 397 g/mol. The van der Waals surface area contributed by atoms with Crippen molar-refractivity contribution in [2.24, 2.45) is 0 Å². The van der Waals surface area contributed by atoms with Crippen LogP contribution in [0.3, 0.4) is 0 Å². The predicted molar refractivity (Wildman–Crippen MR) is 116 cm³/mol. The maximum Gasteiger partial charge on any atom is 0.289 e. The summed E-state index contributed by atoms with van der Waals surface area (Å²) in [6, 6.07) is 6.25. The Morgan fingerprint density at radius 2 is 1.97 bits per heavy atom. The molecular formula is C24H32FN3O3. The Balaban J connectivity index is 1.45. The number of morpholine rings is 1. The van der Waals surface area contributed by atoms with Gasteiger partial charge in [0.05, 0.1) is 6.04 Å². The quantitative estimate of drug-likeness (QED) is 0.707. The molecule has 0 spiro atoms. The minimum atomic E-state index is -0.326. The third kappa shape index (κ3) is 5.09. The van der Waals surface area contributed by atoms with E-state index in [0.29, 0.717) is 18.2 Å². The number of likely N-dealkylation sites (tertiary alicyclic amines) is 1. The molecule has 2 aliphatic heterocycles. The molecule has 6 nitrogen and oxygen atoms in total. The van der Waals surface area contributed by atoms with Crippen LogP contribution in [0.15, 0.2) is 30.0 Å². The van der Waals surface area contributed by atoms with Crippen molar-refractivity contribution in [3.05, 3.63) is 41.4 Å². The molecule has 168 valence electrons. The summed E-state index contributed by atoms with van der Waals surface area (Å²) >= 11 is 0. The van der Waals surface area contributed by atoms with Crippen LogP contribution in [0.1, 0.15) is 51.0 Å². The van der Waals surface area contributed by atoms with E-state index in [1.165, 1.54) is 12.1 Å². The molecule has 3 aliphatic rings. The summed E-state index contributed by atoms with van der Waals surface area (Å²) in [6.45, 7) is 4.88. The Morgan fingerprint density at radius 3 is 2.74 bits per heavy atom. The number of likely N-dealkylation sites (N-methyl/N-ethyl adjacent to an activating group) is 1. The fourth-order valence-corrected chi connectivity index (χ4v) is 5.06. The molecule has 3 fully saturated rings. The number of hydrogen-bond donors (Lipinski definition) is 1. The molecule has 7 heteroatoms. The second-order valence-electron chi connectivity index (χ2n) is 8.73. The lowest BCUT2D eigenvalue weighted by Gasteiger charge is -2.44. The predicted octanol–water partition coefficient (Wildman–Crippen LogP) is 2.94. The molecule has 2 amide bonds. The Morgan fingerprint density at radius 1 is 1.19 bits per heavy atom. The van der Waals surface area contributed by atoms with Crippen LogP contribution in [0.5, 0.6) is 0 Å². The van der Waals surface area contributed by atoms with E-state index < -0.39 is 0 Å². The van der Waals surface area contributed by atoms with Gasteiger partial charge < -0.3 is 15.0 Å². The van der Waals surface area contributed by atoms with Gasteiger partial charge in [0.15, 0.2) is 5.76 Å². The second-order valence-corrected chi connectivity index (χ2v) is 8.73. The molecule has 31 heavy (non-hydrogen) atoms. The Labute approximate surface area is 183 Å². The van der Waals surface area contributed by atoms with Crippen molar-refractivity contribution < 1.29 is 18.7 Å². The minimum absolute atomic E-state index is 0.0446. The number of nitrogens with one attached hydrogen (secondary N) is 1. The monoisotopic (exact) mass is 429 g/mol. The summed E-state index contributed by atoms with van der Waals surface area (Å²) < 4.78 is 19.3. The van der Waals surface area contributed by atoms with Gasteiger partial charge in [-0.05, 0) is 69.0 Å². The maximum absolute atomic E-state index is 13.2. The molecule has 3 unspecified atom stereocenters. The zero-order valence-corrected chi connectivity index (χ0v) is 18.2. The van der Waals surface area contributed by atoms with E-state index >= 15 is 0 Å². The van der Waals surface area contributed by atoms with Crippen LogP contribution < -0.4 is 5.32 Å². The summed E-state index contributed by atoms with van der Waals surface area (Å²) in [7, 11) is 0. The fraction of sp³-hybridized carbons (Fsp3) is 0.583. The van der Waals surface area contributed by atoms with E-state index in [9.17, 15) is 14.0 Å². The number of benzene rings is 1. The van der Waals surface area contributed by atoms with Gasteiger partial charge in [-0.2, -0.15) is 0 Å². The van der Waals surface area contributed by atoms with E-state index in [2.05, 4.69) is 17.1 Å². The first-order valence-corrected chi connectivity index (χ1v) is 11.5. The third-order valence-electron chi connectivity index (χ3n) is 6.74. The van der Waals surface area contributed by atoms with Gasteiger partial charge in [0.25, 0.3) is 5.91 Å². The second kappa shape index (κ2) is 9.81. The van der Waals surface area contributed by atoms with E-state index in [1.54, 1.807) is 23.1 Å². The first-order chi connectivity index (χ1) is 15.0. The van der Waals surface area contributed by atoms with E-state index in [1.807, 2.05) is 0 Å². The van der Waals surface area contributed by atoms with Gasteiger partial charge >= 0.3 is 0 Å². The van der Waals surface area contributed by atoms with Gasteiger partial charge in [0, 0.05) is 12.6 Å². The number of amides is 2. The first-order valence-electron chi connectivity index (χ1n) is 11.5. The van der Waals surface area contributed by atoms with Crippen LogP contribution in [0.4, 0.5) is 4.39 Å². The number of carbonyl (C=O) groups excluding carboxylic acids is 2. The number of nitrogens with zero attached hydrogens (tertiary/aromatic N) is 2. The molecule has 1 saturated carbocycles.